The third-order valence-electron chi connectivity index (χ3n) is 2.61. The van der Waals surface area contributed by atoms with Crippen LogP contribution in [0.1, 0.15) is 11.1 Å². The summed E-state index contributed by atoms with van der Waals surface area (Å²) in [6.45, 7) is 4.02. The summed E-state index contributed by atoms with van der Waals surface area (Å²) in [6.07, 6.45) is 3.84. The van der Waals surface area contributed by atoms with Gasteiger partial charge in [-0.2, -0.15) is 0 Å². The van der Waals surface area contributed by atoms with Gasteiger partial charge in [0, 0.05) is 11.3 Å². The molecule has 94 valence electrons. The van der Waals surface area contributed by atoms with Gasteiger partial charge >= 0.3 is 6.03 Å². The maximum atomic E-state index is 11.0. The van der Waals surface area contributed by atoms with Crippen LogP contribution in [0, 0.1) is 0 Å². The number of rotatable bonds is 3. The van der Waals surface area contributed by atoms with Crippen molar-refractivity contribution in [3.8, 4) is 11.5 Å². The highest BCUT2D eigenvalue weighted by Crippen LogP contribution is 2.31. The lowest BCUT2D eigenvalue weighted by atomic mass is 10.0. The van der Waals surface area contributed by atoms with E-state index < -0.39 is 0 Å². The Morgan fingerprint density at radius 2 is 2.17 bits per heavy atom. The van der Waals surface area contributed by atoms with Gasteiger partial charge in [0.1, 0.15) is 0 Å². The van der Waals surface area contributed by atoms with Gasteiger partial charge in [0.05, 0.1) is 6.54 Å². The maximum absolute atomic E-state index is 11.0. The van der Waals surface area contributed by atoms with Crippen molar-refractivity contribution in [2.24, 2.45) is 0 Å². The van der Waals surface area contributed by atoms with Crippen LogP contribution in [-0.2, 0) is 6.42 Å². The normalized spacial score (nSPS) is 16.4. The van der Waals surface area contributed by atoms with Gasteiger partial charge in [-0.25, -0.2) is 4.79 Å². The summed E-state index contributed by atoms with van der Waals surface area (Å²) in [5.74, 6) is -0.316. The first-order chi connectivity index (χ1) is 8.60. The molecule has 0 aromatic heterocycles. The zero-order chi connectivity index (χ0) is 13.1. The quantitative estimate of drug-likeness (QED) is 0.481. The van der Waals surface area contributed by atoms with Crippen molar-refractivity contribution in [3.05, 3.63) is 41.6 Å². The number of hydrogen-bond acceptors (Lipinski definition) is 3. The summed E-state index contributed by atoms with van der Waals surface area (Å²) in [4.78, 5) is 11.0. The van der Waals surface area contributed by atoms with E-state index >= 15 is 0 Å². The highest BCUT2D eigenvalue weighted by atomic mass is 16.3. The molecular formula is C13H14N2O3. The summed E-state index contributed by atoms with van der Waals surface area (Å²) >= 11 is 0. The number of allylic oxidation sites excluding steroid dienone is 1. The van der Waals surface area contributed by atoms with E-state index in [1.54, 1.807) is 18.2 Å². The molecule has 1 aromatic carbocycles. The van der Waals surface area contributed by atoms with E-state index in [1.165, 1.54) is 6.07 Å². The summed E-state index contributed by atoms with van der Waals surface area (Å²) in [6, 6.07) is 2.95. The molecule has 2 rings (SSSR count). The fraction of sp³-hybridized carbons (Fsp3) is 0.154. The van der Waals surface area contributed by atoms with Crippen LogP contribution in [0.2, 0.25) is 0 Å². The van der Waals surface area contributed by atoms with E-state index in [-0.39, 0.29) is 17.5 Å². The van der Waals surface area contributed by atoms with Gasteiger partial charge in [-0.3, -0.25) is 0 Å². The molecule has 1 heterocycles. The van der Waals surface area contributed by atoms with Gasteiger partial charge in [0.2, 0.25) is 0 Å². The molecule has 0 unspecified atom stereocenters. The zero-order valence-corrected chi connectivity index (χ0v) is 9.73. The highest BCUT2D eigenvalue weighted by molar-refractivity contribution is 5.81. The van der Waals surface area contributed by atoms with Crippen LogP contribution < -0.4 is 10.6 Å². The molecular weight excluding hydrogens is 232 g/mol. The highest BCUT2D eigenvalue weighted by Gasteiger charge is 2.13. The topological polar surface area (TPSA) is 81.6 Å². The second-order valence-electron chi connectivity index (χ2n) is 4.02. The van der Waals surface area contributed by atoms with E-state index in [9.17, 15) is 15.0 Å². The molecule has 1 aromatic rings. The van der Waals surface area contributed by atoms with Gasteiger partial charge in [-0.1, -0.05) is 6.08 Å². The van der Waals surface area contributed by atoms with Crippen LogP contribution in [0.25, 0.3) is 6.08 Å². The van der Waals surface area contributed by atoms with Gasteiger partial charge in [-0.15, -0.1) is 6.58 Å². The molecule has 0 radical (unpaired) electrons. The van der Waals surface area contributed by atoms with Crippen LogP contribution in [0.5, 0.6) is 11.5 Å². The van der Waals surface area contributed by atoms with Gasteiger partial charge in [0.15, 0.2) is 11.5 Å². The predicted molar refractivity (Wildman–Crippen MR) is 68.2 cm³/mol. The van der Waals surface area contributed by atoms with Crippen LogP contribution in [-0.4, -0.2) is 22.8 Å². The number of hydrogen-bond donors (Lipinski definition) is 4. The van der Waals surface area contributed by atoms with E-state index in [2.05, 4.69) is 17.2 Å². The van der Waals surface area contributed by atoms with Crippen LogP contribution in [0.4, 0.5) is 4.79 Å². The Bertz CT molecular complexity index is 535. The fourth-order valence-electron chi connectivity index (χ4n) is 1.79. The SMILES string of the molecule is C=CCc1cc(/C=C2\CNC(=O)N2)cc(O)c1O. The number of urea groups is 1. The third-order valence-corrected chi connectivity index (χ3v) is 2.61. The molecule has 0 aliphatic carbocycles. The van der Waals surface area contributed by atoms with E-state index in [0.717, 1.165) is 5.70 Å². The first-order valence-corrected chi connectivity index (χ1v) is 5.51. The Balaban J connectivity index is 2.34. The van der Waals surface area contributed by atoms with Crippen LogP contribution in [0.3, 0.4) is 0 Å². The molecule has 5 heteroatoms. The largest absolute Gasteiger partial charge is 0.504 e. The Morgan fingerprint density at radius 1 is 1.39 bits per heavy atom. The van der Waals surface area contributed by atoms with Crippen molar-refractivity contribution < 1.29 is 15.0 Å². The number of benzene rings is 1. The van der Waals surface area contributed by atoms with Gasteiger partial charge < -0.3 is 20.8 Å². The molecule has 1 saturated heterocycles. The Labute approximate surface area is 104 Å². The number of carbonyl (C=O) groups is 1. The number of amides is 2. The summed E-state index contributed by atoms with van der Waals surface area (Å²) < 4.78 is 0. The van der Waals surface area contributed by atoms with E-state index in [0.29, 0.717) is 24.1 Å². The molecule has 18 heavy (non-hydrogen) atoms. The predicted octanol–water partition coefficient (Wildman–Crippen LogP) is 1.48. The van der Waals surface area contributed by atoms with E-state index in [1.807, 2.05) is 0 Å². The molecule has 0 bridgehead atoms. The lowest BCUT2D eigenvalue weighted by Crippen LogP contribution is -2.19. The molecule has 5 nitrogen and oxygen atoms in total. The van der Waals surface area contributed by atoms with Crippen molar-refractivity contribution in [2.45, 2.75) is 6.42 Å². The lowest BCUT2D eigenvalue weighted by Gasteiger charge is -2.06. The average molecular weight is 246 g/mol. The van der Waals surface area contributed by atoms with Crippen molar-refractivity contribution in [1.82, 2.24) is 10.6 Å². The Kier molecular flexibility index (Phi) is 3.23. The average Bonchev–Trinajstić information content (AvgIpc) is 2.71. The van der Waals surface area contributed by atoms with Gasteiger partial charge in [-0.05, 0) is 30.2 Å². The number of phenolic OH excluding ortho intramolecular Hbond substituents is 2. The zero-order valence-electron chi connectivity index (χ0n) is 9.73. The molecule has 1 aliphatic rings. The van der Waals surface area contributed by atoms with E-state index in [4.69, 9.17) is 0 Å². The van der Waals surface area contributed by atoms with Gasteiger partial charge in [0.25, 0.3) is 0 Å². The second kappa shape index (κ2) is 4.83. The number of aromatic hydroxyl groups is 2. The fourth-order valence-corrected chi connectivity index (χ4v) is 1.79. The molecule has 0 atom stereocenters. The minimum atomic E-state index is -0.240. The van der Waals surface area contributed by atoms with Crippen LogP contribution in [0.15, 0.2) is 30.5 Å². The molecule has 1 aliphatic heterocycles. The summed E-state index contributed by atoms with van der Waals surface area (Å²) in [5, 5.41) is 24.5. The molecule has 0 saturated carbocycles. The monoisotopic (exact) mass is 246 g/mol. The number of nitrogens with one attached hydrogen (secondary N) is 2. The first kappa shape index (κ1) is 12.0. The number of carbonyl (C=O) groups excluding carboxylic acids is 1. The van der Waals surface area contributed by atoms with Crippen LogP contribution >= 0.6 is 0 Å². The van der Waals surface area contributed by atoms with Crippen molar-refractivity contribution in [2.75, 3.05) is 6.54 Å². The Hall–Kier alpha value is -2.43. The smallest absolute Gasteiger partial charge is 0.319 e. The minimum Gasteiger partial charge on any atom is -0.504 e. The molecule has 0 spiro atoms. The second-order valence-corrected chi connectivity index (χ2v) is 4.02. The minimum absolute atomic E-state index is 0.134. The molecule has 2 amide bonds. The Morgan fingerprint density at radius 3 is 2.78 bits per heavy atom. The first-order valence-electron chi connectivity index (χ1n) is 5.51. The third kappa shape index (κ3) is 2.45. The summed E-state index contributed by atoms with van der Waals surface area (Å²) in [5.41, 5.74) is 2.02. The van der Waals surface area contributed by atoms with Crippen molar-refractivity contribution >= 4 is 12.1 Å². The van der Waals surface area contributed by atoms with Crippen molar-refractivity contribution in [1.29, 1.82) is 0 Å². The molecule has 1 fully saturated rings. The summed E-state index contributed by atoms with van der Waals surface area (Å²) in [7, 11) is 0. The molecule has 4 N–H and O–H groups in total. The standard InChI is InChI=1S/C13H14N2O3/c1-2-3-9-4-8(6-11(16)12(9)17)5-10-7-14-13(18)15-10/h2,4-6,16-17H,1,3,7H2,(H2,14,15,18)/b10-5+. The number of phenols is 2. The maximum Gasteiger partial charge on any atom is 0.319 e. The van der Waals surface area contributed by atoms with Crippen molar-refractivity contribution in [3.63, 3.8) is 0 Å². The lowest BCUT2D eigenvalue weighted by molar-refractivity contribution is 0.249.